The summed E-state index contributed by atoms with van der Waals surface area (Å²) in [4.78, 5) is 13.7. The smallest absolute Gasteiger partial charge is 0.251 e. The number of nitrogens with zero attached hydrogens (tertiary/aromatic N) is 1. The van der Waals surface area contributed by atoms with Gasteiger partial charge in [-0.25, -0.2) is 0 Å². The highest BCUT2D eigenvalue weighted by Gasteiger charge is 2.05. The van der Waals surface area contributed by atoms with E-state index in [2.05, 4.69) is 10.2 Å². The van der Waals surface area contributed by atoms with Crippen molar-refractivity contribution >= 4 is 5.91 Å². The van der Waals surface area contributed by atoms with Gasteiger partial charge >= 0.3 is 0 Å². The zero-order chi connectivity index (χ0) is 18.1. The molecular formula is C20H26N2O3. The molecule has 0 aliphatic rings. The highest BCUT2D eigenvalue weighted by Crippen LogP contribution is 2.17. The van der Waals surface area contributed by atoms with Gasteiger partial charge in [-0.05, 0) is 55.9 Å². The minimum absolute atomic E-state index is 0.0661. The van der Waals surface area contributed by atoms with Crippen molar-refractivity contribution in [1.29, 1.82) is 0 Å². The molecule has 0 spiro atoms. The van der Waals surface area contributed by atoms with Gasteiger partial charge < -0.3 is 14.8 Å². The van der Waals surface area contributed by atoms with E-state index in [1.165, 1.54) is 0 Å². The Morgan fingerprint density at radius 1 is 1.00 bits per heavy atom. The van der Waals surface area contributed by atoms with Crippen LogP contribution in [0.2, 0.25) is 0 Å². The zero-order valence-corrected chi connectivity index (χ0v) is 15.1. The molecule has 0 fully saturated rings. The van der Waals surface area contributed by atoms with Gasteiger partial charge in [0.1, 0.15) is 18.1 Å². The molecule has 0 unspecified atom stereocenters. The normalized spacial score (nSPS) is 10.6. The lowest BCUT2D eigenvalue weighted by atomic mass is 10.1. The third kappa shape index (κ3) is 6.12. The van der Waals surface area contributed by atoms with Crippen molar-refractivity contribution in [2.45, 2.75) is 13.5 Å². The molecule has 1 N–H and O–H groups in total. The molecule has 134 valence electrons. The Morgan fingerprint density at radius 2 is 1.60 bits per heavy atom. The van der Waals surface area contributed by atoms with Gasteiger partial charge in [0.15, 0.2) is 0 Å². The van der Waals surface area contributed by atoms with Gasteiger partial charge in [-0.15, -0.1) is 0 Å². The molecule has 0 radical (unpaired) electrons. The van der Waals surface area contributed by atoms with E-state index in [4.69, 9.17) is 9.47 Å². The van der Waals surface area contributed by atoms with E-state index < -0.39 is 0 Å². The Bertz CT molecular complexity index is 654. The molecule has 0 aromatic heterocycles. The maximum atomic E-state index is 11.5. The fraction of sp³-hybridized carbons (Fsp3) is 0.350. The predicted molar refractivity (Wildman–Crippen MR) is 99.3 cm³/mol. The van der Waals surface area contributed by atoms with E-state index >= 15 is 0 Å². The Morgan fingerprint density at radius 3 is 2.16 bits per heavy atom. The molecule has 0 saturated carbocycles. The first-order valence-corrected chi connectivity index (χ1v) is 8.47. The Kier molecular flexibility index (Phi) is 7.29. The summed E-state index contributed by atoms with van der Waals surface area (Å²) in [6.07, 6.45) is 0. The van der Waals surface area contributed by atoms with E-state index in [1.54, 1.807) is 7.05 Å². The van der Waals surface area contributed by atoms with Crippen LogP contribution in [0.4, 0.5) is 0 Å². The molecule has 0 bridgehead atoms. The van der Waals surface area contributed by atoms with Crippen LogP contribution in [0.1, 0.15) is 22.8 Å². The summed E-state index contributed by atoms with van der Waals surface area (Å²) in [5.41, 5.74) is 1.84. The van der Waals surface area contributed by atoms with Crippen LogP contribution < -0.4 is 14.8 Å². The highest BCUT2D eigenvalue weighted by atomic mass is 16.5. The van der Waals surface area contributed by atoms with Gasteiger partial charge in [-0.2, -0.15) is 0 Å². The number of nitrogens with one attached hydrogen (secondary N) is 1. The van der Waals surface area contributed by atoms with Crippen LogP contribution in [0, 0.1) is 0 Å². The van der Waals surface area contributed by atoms with Gasteiger partial charge in [-0.1, -0.05) is 12.1 Å². The summed E-state index contributed by atoms with van der Waals surface area (Å²) < 4.78 is 11.2. The lowest BCUT2D eigenvalue weighted by Crippen LogP contribution is -2.24. The first kappa shape index (κ1) is 18.8. The number of carbonyl (C=O) groups excluding carboxylic acids is 1. The van der Waals surface area contributed by atoms with Crippen molar-refractivity contribution < 1.29 is 14.3 Å². The summed E-state index contributed by atoms with van der Waals surface area (Å²) in [6, 6.07) is 15.3. The predicted octanol–water partition coefficient (Wildman–Crippen LogP) is 2.96. The number of hydrogen-bond donors (Lipinski definition) is 1. The van der Waals surface area contributed by atoms with Crippen molar-refractivity contribution in [3.63, 3.8) is 0 Å². The molecule has 5 nitrogen and oxygen atoms in total. The number of hydrogen-bond acceptors (Lipinski definition) is 4. The van der Waals surface area contributed by atoms with Gasteiger partial charge in [-0.3, -0.25) is 9.69 Å². The molecule has 0 aliphatic heterocycles. The Hall–Kier alpha value is -2.53. The van der Waals surface area contributed by atoms with Crippen LogP contribution in [0.25, 0.3) is 0 Å². The molecule has 5 heteroatoms. The van der Waals surface area contributed by atoms with Crippen LogP contribution in [0.5, 0.6) is 11.5 Å². The molecule has 0 heterocycles. The highest BCUT2D eigenvalue weighted by molar-refractivity contribution is 5.93. The maximum absolute atomic E-state index is 11.5. The number of benzene rings is 2. The van der Waals surface area contributed by atoms with Gasteiger partial charge in [0.2, 0.25) is 0 Å². The Balaban J connectivity index is 1.74. The van der Waals surface area contributed by atoms with Crippen molar-refractivity contribution in [3.05, 3.63) is 59.7 Å². The standard InChI is InChI=1S/C20H26N2O3/c1-4-24-18-9-11-19(12-10-18)25-14-13-22(3)15-16-5-7-17(8-6-16)20(23)21-2/h5-12H,4,13-15H2,1-3H3,(H,21,23). The molecule has 2 aromatic rings. The third-order valence-corrected chi connectivity index (χ3v) is 3.77. The largest absolute Gasteiger partial charge is 0.494 e. The molecule has 0 atom stereocenters. The quantitative estimate of drug-likeness (QED) is 0.761. The second-order valence-corrected chi connectivity index (χ2v) is 5.77. The third-order valence-electron chi connectivity index (χ3n) is 3.77. The van der Waals surface area contributed by atoms with Gasteiger partial charge in [0, 0.05) is 25.7 Å². The van der Waals surface area contributed by atoms with Crippen molar-refractivity contribution in [2.24, 2.45) is 0 Å². The molecule has 25 heavy (non-hydrogen) atoms. The van der Waals surface area contributed by atoms with Gasteiger partial charge in [0.05, 0.1) is 6.61 Å². The van der Waals surface area contributed by atoms with E-state index in [9.17, 15) is 4.79 Å². The fourth-order valence-corrected chi connectivity index (χ4v) is 2.41. The van der Waals surface area contributed by atoms with Crippen molar-refractivity contribution in [2.75, 3.05) is 33.9 Å². The number of rotatable bonds is 9. The van der Waals surface area contributed by atoms with Crippen LogP contribution in [0.3, 0.4) is 0 Å². The molecule has 2 rings (SSSR count). The number of carbonyl (C=O) groups is 1. The van der Waals surface area contributed by atoms with Crippen LogP contribution in [-0.4, -0.2) is 44.7 Å². The molecule has 0 saturated heterocycles. The van der Waals surface area contributed by atoms with Crippen LogP contribution >= 0.6 is 0 Å². The monoisotopic (exact) mass is 342 g/mol. The average molecular weight is 342 g/mol. The second kappa shape index (κ2) is 9.69. The average Bonchev–Trinajstić information content (AvgIpc) is 2.63. The van der Waals surface area contributed by atoms with Gasteiger partial charge in [0.25, 0.3) is 5.91 Å². The zero-order valence-electron chi connectivity index (χ0n) is 15.1. The fourth-order valence-electron chi connectivity index (χ4n) is 2.41. The summed E-state index contributed by atoms with van der Waals surface area (Å²) in [7, 11) is 3.68. The summed E-state index contributed by atoms with van der Waals surface area (Å²) in [5, 5.41) is 2.62. The summed E-state index contributed by atoms with van der Waals surface area (Å²) in [5.74, 6) is 1.63. The number of ether oxygens (including phenoxy) is 2. The number of likely N-dealkylation sites (N-methyl/N-ethyl adjacent to an activating group) is 1. The molecule has 1 amide bonds. The topological polar surface area (TPSA) is 50.8 Å². The van der Waals surface area contributed by atoms with Crippen LogP contribution in [0.15, 0.2) is 48.5 Å². The van der Waals surface area contributed by atoms with E-state index in [0.29, 0.717) is 18.8 Å². The number of amides is 1. The first-order chi connectivity index (χ1) is 12.1. The second-order valence-electron chi connectivity index (χ2n) is 5.77. The molecule has 0 aliphatic carbocycles. The van der Waals surface area contributed by atoms with E-state index in [1.807, 2.05) is 62.5 Å². The SMILES string of the molecule is CCOc1ccc(OCCN(C)Cc2ccc(C(=O)NC)cc2)cc1. The summed E-state index contributed by atoms with van der Waals surface area (Å²) in [6.45, 7) is 4.85. The van der Waals surface area contributed by atoms with Crippen molar-refractivity contribution in [1.82, 2.24) is 10.2 Å². The minimum Gasteiger partial charge on any atom is -0.494 e. The Labute approximate surface area is 149 Å². The van der Waals surface area contributed by atoms with Crippen LogP contribution in [-0.2, 0) is 6.54 Å². The molecular weight excluding hydrogens is 316 g/mol. The minimum atomic E-state index is -0.0661. The first-order valence-electron chi connectivity index (χ1n) is 8.47. The lowest BCUT2D eigenvalue weighted by molar-refractivity contribution is 0.0963. The van der Waals surface area contributed by atoms with Crippen molar-refractivity contribution in [3.8, 4) is 11.5 Å². The van der Waals surface area contributed by atoms with E-state index in [0.717, 1.165) is 30.2 Å². The molecule has 2 aromatic carbocycles. The maximum Gasteiger partial charge on any atom is 0.251 e. The summed E-state index contributed by atoms with van der Waals surface area (Å²) >= 11 is 0. The lowest BCUT2D eigenvalue weighted by Gasteiger charge is -2.17. The van der Waals surface area contributed by atoms with E-state index in [-0.39, 0.29) is 5.91 Å².